The Balaban J connectivity index is 2.02. The van der Waals surface area contributed by atoms with Crippen LogP contribution in [0.1, 0.15) is 34.3 Å². The number of benzene rings is 1. The Morgan fingerprint density at radius 1 is 1.23 bits per heavy atom. The van der Waals surface area contributed by atoms with E-state index in [1.54, 1.807) is 6.07 Å². The van der Waals surface area contributed by atoms with Gasteiger partial charge in [-0.05, 0) is 55.0 Å². The number of halogens is 1. The van der Waals surface area contributed by atoms with Gasteiger partial charge in [-0.25, -0.2) is 4.98 Å². The SMILES string of the molecule is O=NC(=O)c1cnc(Nc2cccc(Cl)c2)c2c1CCCC2. The molecular formula is C16H14ClN3O2. The molecule has 1 heterocycles. The standard InChI is InChI=1S/C16H14ClN3O2/c17-10-4-3-5-11(8-10)19-15-13-7-2-1-6-12(13)14(9-18-15)16(21)20-22/h3-5,8-9H,1-2,6-7H2,(H,18,19). The van der Waals surface area contributed by atoms with Crippen LogP contribution in [0.4, 0.5) is 11.5 Å². The van der Waals surface area contributed by atoms with E-state index in [4.69, 9.17) is 11.6 Å². The van der Waals surface area contributed by atoms with Crippen LogP contribution in [0.25, 0.3) is 0 Å². The van der Waals surface area contributed by atoms with Gasteiger partial charge in [-0.3, -0.25) is 4.79 Å². The maximum absolute atomic E-state index is 11.6. The molecule has 0 spiro atoms. The first-order valence-electron chi connectivity index (χ1n) is 7.10. The van der Waals surface area contributed by atoms with Crippen molar-refractivity contribution in [3.05, 3.63) is 57.1 Å². The molecule has 0 saturated heterocycles. The fourth-order valence-electron chi connectivity index (χ4n) is 2.79. The minimum atomic E-state index is -0.750. The lowest BCUT2D eigenvalue weighted by molar-refractivity contribution is 0.0999. The molecule has 0 unspecified atom stereocenters. The van der Waals surface area contributed by atoms with Crippen molar-refractivity contribution in [3.63, 3.8) is 0 Å². The maximum Gasteiger partial charge on any atom is 0.318 e. The molecule has 1 amide bonds. The van der Waals surface area contributed by atoms with Crippen LogP contribution in [0.2, 0.25) is 5.02 Å². The van der Waals surface area contributed by atoms with Crippen molar-refractivity contribution in [2.45, 2.75) is 25.7 Å². The number of nitrogens with zero attached hydrogens (tertiary/aromatic N) is 2. The minimum Gasteiger partial charge on any atom is -0.340 e. The zero-order valence-electron chi connectivity index (χ0n) is 11.8. The molecule has 0 radical (unpaired) electrons. The Kier molecular flexibility index (Phi) is 4.15. The molecule has 1 N–H and O–H groups in total. The van der Waals surface area contributed by atoms with E-state index in [0.717, 1.165) is 42.5 Å². The van der Waals surface area contributed by atoms with Crippen LogP contribution in [0.5, 0.6) is 0 Å². The summed E-state index contributed by atoms with van der Waals surface area (Å²) in [5, 5.41) is 6.40. The van der Waals surface area contributed by atoms with Crippen LogP contribution in [-0.2, 0) is 12.8 Å². The van der Waals surface area contributed by atoms with Crippen molar-refractivity contribution in [2.24, 2.45) is 5.18 Å². The molecule has 1 aliphatic carbocycles. The first kappa shape index (κ1) is 14.7. The number of amides is 1. The number of aromatic nitrogens is 1. The van der Waals surface area contributed by atoms with Crippen LogP contribution in [-0.4, -0.2) is 10.9 Å². The zero-order valence-corrected chi connectivity index (χ0v) is 12.6. The lowest BCUT2D eigenvalue weighted by Gasteiger charge is -2.21. The molecule has 3 rings (SSSR count). The van der Waals surface area contributed by atoms with E-state index < -0.39 is 5.91 Å². The quantitative estimate of drug-likeness (QED) is 0.859. The maximum atomic E-state index is 11.6. The third kappa shape index (κ3) is 2.85. The highest BCUT2D eigenvalue weighted by Gasteiger charge is 2.22. The van der Waals surface area contributed by atoms with Crippen LogP contribution in [0.15, 0.2) is 35.6 Å². The summed E-state index contributed by atoms with van der Waals surface area (Å²) in [5.41, 5.74) is 3.03. The third-order valence-electron chi connectivity index (χ3n) is 3.80. The van der Waals surface area contributed by atoms with Crippen molar-refractivity contribution in [1.29, 1.82) is 0 Å². The number of hydrogen-bond acceptors (Lipinski definition) is 4. The van der Waals surface area contributed by atoms with Crippen LogP contribution in [0.3, 0.4) is 0 Å². The summed E-state index contributed by atoms with van der Waals surface area (Å²) in [4.78, 5) is 26.5. The van der Waals surface area contributed by atoms with Crippen molar-refractivity contribution >= 4 is 29.0 Å². The van der Waals surface area contributed by atoms with Gasteiger partial charge >= 0.3 is 5.91 Å². The number of carbonyl (C=O) groups is 1. The lowest BCUT2D eigenvalue weighted by Crippen LogP contribution is -2.13. The van der Waals surface area contributed by atoms with Crippen molar-refractivity contribution in [1.82, 2.24) is 4.98 Å². The second-order valence-electron chi connectivity index (χ2n) is 5.22. The summed E-state index contributed by atoms with van der Waals surface area (Å²) in [6.45, 7) is 0. The second kappa shape index (κ2) is 6.23. The van der Waals surface area contributed by atoms with E-state index in [2.05, 4.69) is 15.5 Å². The Labute approximate surface area is 132 Å². The molecule has 1 aromatic carbocycles. The minimum absolute atomic E-state index is 0.321. The monoisotopic (exact) mass is 315 g/mol. The molecule has 22 heavy (non-hydrogen) atoms. The highest BCUT2D eigenvalue weighted by Crippen LogP contribution is 2.31. The van der Waals surface area contributed by atoms with E-state index in [1.807, 2.05) is 18.2 Å². The van der Waals surface area contributed by atoms with Gasteiger partial charge in [0, 0.05) is 22.1 Å². The number of rotatable bonds is 3. The smallest absolute Gasteiger partial charge is 0.318 e. The van der Waals surface area contributed by atoms with Crippen LogP contribution < -0.4 is 5.32 Å². The molecule has 0 saturated carbocycles. The molecule has 6 heteroatoms. The highest BCUT2D eigenvalue weighted by atomic mass is 35.5. The number of hydrogen-bond donors (Lipinski definition) is 1. The average Bonchev–Trinajstić information content (AvgIpc) is 2.54. The molecular weight excluding hydrogens is 302 g/mol. The van der Waals surface area contributed by atoms with E-state index in [9.17, 15) is 9.70 Å². The molecule has 1 aliphatic rings. The summed E-state index contributed by atoms with van der Waals surface area (Å²) in [6, 6.07) is 7.36. The summed E-state index contributed by atoms with van der Waals surface area (Å²) in [7, 11) is 0. The molecule has 1 aromatic heterocycles. The van der Waals surface area contributed by atoms with Gasteiger partial charge in [0.25, 0.3) is 0 Å². The van der Waals surface area contributed by atoms with Crippen LogP contribution in [0, 0.1) is 4.91 Å². The summed E-state index contributed by atoms with van der Waals surface area (Å²) in [6.07, 6.45) is 5.04. The fourth-order valence-corrected chi connectivity index (χ4v) is 2.98. The Morgan fingerprint density at radius 2 is 2.00 bits per heavy atom. The number of pyridine rings is 1. The van der Waals surface area contributed by atoms with Crippen molar-refractivity contribution in [3.8, 4) is 0 Å². The summed E-state index contributed by atoms with van der Waals surface area (Å²) >= 11 is 5.99. The van der Waals surface area contributed by atoms with Gasteiger partial charge in [-0.1, -0.05) is 17.7 Å². The van der Waals surface area contributed by atoms with E-state index >= 15 is 0 Å². The average molecular weight is 316 g/mol. The highest BCUT2D eigenvalue weighted by molar-refractivity contribution is 6.30. The van der Waals surface area contributed by atoms with Gasteiger partial charge in [-0.2, -0.15) is 0 Å². The topological polar surface area (TPSA) is 71.4 Å². The first-order valence-corrected chi connectivity index (χ1v) is 7.48. The lowest BCUT2D eigenvalue weighted by atomic mass is 9.89. The van der Waals surface area contributed by atoms with Gasteiger partial charge in [-0.15, -0.1) is 4.91 Å². The molecule has 112 valence electrons. The van der Waals surface area contributed by atoms with Gasteiger partial charge < -0.3 is 5.32 Å². The molecule has 2 aromatic rings. The van der Waals surface area contributed by atoms with Gasteiger partial charge in [0.15, 0.2) is 0 Å². The van der Waals surface area contributed by atoms with Crippen LogP contribution >= 0.6 is 11.6 Å². The van der Waals surface area contributed by atoms with Gasteiger partial charge in [0.05, 0.1) is 5.56 Å². The predicted molar refractivity (Wildman–Crippen MR) is 85.7 cm³/mol. The predicted octanol–water partition coefficient (Wildman–Crippen LogP) is 4.26. The summed E-state index contributed by atoms with van der Waals surface area (Å²) in [5.74, 6) is -0.0422. The summed E-state index contributed by atoms with van der Waals surface area (Å²) < 4.78 is 0. The Morgan fingerprint density at radius 3 is 2.73 bits per heavy atom. The van der Waals surface area contributed by atoms with Gasteiger partial charge in [0.2, 0.25) is 0 Å². The Bertz CT molecular complexity index is 746. The Hall–Kier alpha value is -2.27. The fraction of sp³-hybridized carbons (Fsp3) is 0.250. The number of fused-ring (bicyclic) bond motifs is 1. The number of nitroso groups, excluding NO2 is 1. The molecule has 0 aliphatic heterocycles. The van der Waals surface area contributed by atoms with E-state index in [0.29, 0.717) is 16.4 Å². The zero-order chi connectivity index (χ0) is 15.5. The number of carbonyl (C=O) groups excluding carboxylic acids is 1. The largest absolute Gasteiger partial charge is 0.340 e. The molecule has 0 bridgehead atoms. The van der Waals surface area contributed by atoms with Gasteiger partial charge in [0.1, 0.15) is 5.82 Å². The molecule has 0 fully saturated rings. The normalized spacial score (nSPS) is 13.3. The van der Waals surface area contributed by atoms with E-state index in [-0.39, 0.29) is 0 Å². The first-order chi connectivity index (χ1) is 10.7. The number of anilines is 2. The second-order valence-corrected chi connectivity index (χ2v) is 5.65. The number of nitrogens with one attached hydrogen (secondary N) is 1. The molecule has 5 nitrogen and oxygen atoms in total. The van der Waals surface area contributed by atoms with E-state index in [1.165, 1.54) is 6.20 Å². The van der Waals surface area contributed by atoms with Crippen molar-refractivity contribution in [2.75, 3.05) is 5.32 Å². The van der Waals surface area contributed by atoms with Crippen molar-refractivity contribution < 1.29 is 4.79 Å². The molecule has 0 atom stereocenters. The third-order valence-corrected chi connectivity index (χ3v) is 4.04.